The zero-order valence-electron chi connectivity index (χ0n) is 8.55. The van der Waals surface area contributed by atoms with E-state index in [0.29, 0.717) is 5.66 Å². The summed E-state index contributed by atoms with van der Waals surface area (Å²) in [7, 11) is 0. The van der Waals surface area contributed by atoms with E-state index in [1.54, 1.807) is 0 Å². The van der Waals surface area contributed by atoms with Gasteiger partial charge in [0.2, 0.25) is 0 Å². The fourth-order valence-electron chi connectivity index (χ4n) is 1.24. The van der Waals surface area contributed by atoms with Crippen molar-refractivity contribution in [1.29, 1.82) is 0 Å². The molecular weight excluding hydrogens is 203 g/mol. The molecule has 0 aromatic heterocycles. The molecule has 0 radical (unpaired) electrons. The van der Waals surface area contributed by atoms with Gasteiger partial charge in [-0.05, 0) is 31.6 Å². The first-order valence-electron chi connectivity index (χ1n) is 4.78. The highest BCUT2D eigenvalue weighted by molar-refractivity contribution is 8.11. The summed E-state index contributed by atoms with van der Waals surface area (Å²) in [5, 5.41) is 0. The highest BCUT2D eigenvalue weighted by Crippen LogP contribution is 2.51. The lowest BCUT2D eigenvalue weighted by molar-refractivity contribution is 0.724. The molecule has 74 valence electrons. The molecule has 12 heavy (non-hydrogen) atoms. The molecular formula is C9H21PS2. The molecule has 0 nitrogen and oxygen atoms in total. The number of hydrogen-bond acceptors (Lipinski definition) is 2. The van der Waals surface area contributed by atoms with Crippen molar-refractivity contribution in [1.82, 2.24) is 0 Å². The Balaban J connectivity index is 4.41. The van der Waals surface area contributed by atoms with Gasteiger partial charge in [-0.1, -0.05) is 39.5 Å². The van der Waals surface area contributed by atoms with Crippen molar-refractivity contribution in [3.8, 4) is 0 Å². The fraction of sp³-hybridized carbons (Fsp3) is 1.00. The largest absolute Gasteiger partial charge is 0.167 e. The smallest absolute Gasteiger partial charge is 0.0391 e. The second kappa shape index (κ2) is 5.67. The maximum Gasteiger partial charge on any atom is 0.0391 e. The van der Waals surface area contributed by atoms with Crippen molar-refractivity contribution in [2.45, 2.75) is 57.1 Å². The van der Waals surface area contributed by atoms with Crippen LogP contribution in [0.5, 0.6) is 0 Å². The van der Waals surface area contributed by atoms with E-state index in [4.69, 9.17) is 24.4 Å². The van der Waals surface area contributed by atoms with Gasteiger partial charge in [0, 0.05) is 4.49 Å². The van der Waals surface area contributed by atoms with Crippen LogP contribution in [0, 0.1) is 0 Å². The molecule has 3 heteroatoms. The topological polar surface area (TPSA) is 0 Å². The molecule has 0 aliphatic heterocycles. The molecule has 0 saturated heterocycles. The van der Waals surface area contributed by atoms with Crippen LogP contribution >= 0.6 is 19.3 Å². The van der Waals surface area contributed by atoms with Gasteiger partial charge in [0.15, 0.2) is 0 Å². The molecule has 0 aliphatic carbocycles. The lowest BCUT2D eigenvalue weighted by atomic mass is 10.2. The normalized spacial score (nSPS) is 17.4. The van der Waals surface area contributed by atoms with Gasteiger partial charge in [0.1, 0.15) is 0 Å². The van der Waals surface area contributed by atoms with Crippen LogP contribution in [0.3, 0.4) is 0 Å². The lowest BCUT2D eigenvalue weighted by Gasteiger charge is -2.31. The Morgan fingerprint density at radius 3 is 2.00 bits per heavy atom. The van der Waals surface area contributed by atoms with Crippen LogP contribution in [0.15, 0.2) is 0 Å². The monoisotopic (exact) mass is 224 g/mol. The Labute approximate surface area is 88.3 Å². The Hall–Kier alpha value is 1.00. The molecule has 0 N–H and O–H groups in total. The number of thiol groups is 1. The highest BCUT2D eigenvalue weighted by Gasteiger charge is 2.27. The van der Waals surface area contributed by atoms with Crippen molar-refractivity contribution >= 4 is 31.1 Å². The van der Waals surface area contributed by atoms with Crippen LogP contribution in [0.1, 0.15) is 47.0 Å². The van der Waals surface area contributed by atoms with Gasteiger partial charge >= 0.3 is 0 Å². The minimum atomic E-state index is -0.709. The van der Waals surface area contributed by atoms with E-state index in [9.17, 15) is 0 Å². The van der Waals surface area contributed by atoms with Crippen LogP contribution in [0.4, 0.5) is 0 Å². The summed E-state index contributed by atoms with van der Waals surface area (Å²) in [4.78, 5) is 0. The maximum absolute atomic E-state index is 5.62. The van der Waals surface area contributed by atoms with Crippen molar-refractivity contribution in [3.63, 3.8) is 0 Å². The summed E-state index contributed by atoms with van der Waals surface area (Å²) in [5.41, 5.74) is 0.711. The minimum Gasteiger partial charge on any atom is -0.167 e. The van der Waals surface area contributed by atoms with Crippen LogP contribution in [-0.4, -0.2) is 10.1 Å². The predicted octanol–water partition coefficient (Wildman–Crippen LogP) is 3.91. The molecule has 0 heterocycles. The van der Waals surface area contributed by atoms with Gasteiger partial charge in [-0.3, -0.25) is 0 Å². The van der Waals surface area contributed by atoms with E-state index >= 15 is 0 Å². The van der Waals surface area contributed by atoms with Crippen LogP contribution in [-0.2, 0) is 11.8 Å². The third kappa shape index (κ3) is 3.05. The lowest BCUT2D eigenvalue weighted by Crippen LogP contribution is -2.17. The highest BCUT2D eigenvalue weighted by atomic mass is 32.4. The standard InChI is InChI=1S/C9H21PS2/c1-5-8(4)10(12)9(11,6-2)7-3/h8,10-11H,5-7H2,1-4H3. The molecule has 0 rings (SSSR count). The first-order chi connectivity index (χ1) is 5.51. The van der Waals surface area contributed by atoms with Crippen molar-refractivity contribution in [2.75, 3.05) is 0 Å². The van der Waals surface area contributed by atoms with Gasteiger partial charge in [-0.2, -0.15) is 12.6 Å². The summed E-state index contributed by atoms with van der Waals surface area (Å²) >= 11 is 10.4. The molecule has 0 aromatic rings. The first kappa shape index (κ1) is 13.0. The minimum absolute atomic E-state index is 0.176. The van der Waals surface area contributed by atoms with Gasteiger partial charge < -0.3 is 0 Å². The summed E-state index contributed by atoms with van der Waals surface area (Å²) in [6.45, 7) is 8.20. The van der Waals surface area contributed by atoms with Crippen molar-refractivity contribution < 1.29 is 0 Å². The molecule has 0 fully saturated rings. The molecule has 2 atom stereocenters. The summed E-state index contributed by atoms with van der Waals surface area (Å²) in [6, 6.07) is 0. The maximum atomic E-state index is 5.62. The first-order valence-corrected chi connectivity index (χ1v) is 7.94. The molecule has 0 saturated carbocycles. The quantitative estimate of drug-likeness (QED) is 0.546. The van der Waals surface area contributed by atoms with E-state index in [1.165, 1.54) is 6.42 Å². The van der Waals surface area contributed by atoms with Crippen molar-refractivity contribution in [3.05, 3.63) is 0 Å². The molecule has 0 bridgehead atoms. The van der Waals surface area contributed by atoms with Gasteiger partial charge in [0.25, 0.3) is 0 Å². The van der Waals surface area contributed by atoms with Gasteiger partial charge in [0.05, 0.1) is 0 Å². The fourth-order valence-corrected chi connectivity index (χ4v) is 5.25. The van der Waals surface area contributed by atoms with Crippen LogP contribution < -0.4 is 0 Å². The number of rotatable bonds is 5. The Morgan fingerprint density at radius 2 is 1.75 bits per heavy atom. The Morgan fingerprint density at radius 1 is 1.33 bits per heavy atom. The van der Waals surface area contributed by atoms with Crippen molar-refractivity contribution in [2.24, 2.45) is 0 Å². The van der Waals surface area contributed by atoms with E-state index in [2.05, 4.69) is 27.7 Å². The average Bonchev–Trinajstić information content (AvgIpc) is 2.14. The molecule has 0 amide bonds. The zero-order chi connectivity index (χ0) is 9.78. The second-order valence-corrected chi connectivity index (χ2v) is 8.68. The van der Waals surface area contributed by atoms with Gasteiger partial charge in [-0.15, -0.1) is 0 Å². The molecule has 0 spiro atoms. The summed E-state index contributed by atoms with van der Waals surface area (Å²) < 4.78 is 0.176. The van der Waals surface area contributed by atoms with E-state index < -0.39 is 6.70 Å². The Kier molecular flexibility index (Phi) is 6.14. The van der Waals surface area contributed by atoms with E-state index in [-0.39, 0.29) is 4.49 Å². The zero-order valence-corrected chi connectivity index (χ0v) is 11.3. The predicted molar refractivity (Wildman–Crippen MR) is 67.7 cm³/mol. The van der Waals surface area contributed by atoms with Gasteiger partial charge in [-0.25, -0.2) is 0 Å². The van der Waals surface area contributed by atoms with E-state index in [1.807, 2.05) is 0 Å². The average molecular weight is 224 g/mol. The summed E-state index contributed by atoms with van der Waals surface area (Å²) in [5.74, 6) is 0. The third-order valence-electron chi connectivity index (χ3n) is 2.69. The molecule has 2 unspecified atom stereocenters. The SMILES string of the molecule is CCC(C)[PH](=S)C(S)(CC)CC. The number of hydrogen-bond donors (Lipinski definition) is 1. The second-order valence-electron chi connectivity index (χ2n) is 3.41. The molecule has 0 aromatic carbocycles. The Bertz CT molecular complexity index is 153. The summed E-state index contributed by atoms with van der Waals surface area (Å²) in [6.07, 6.45) is 3.45. The van der Waals surface area contributed by atoms with Crippen LogP contribution in [0.2, 0.25) is 0 Å². The molecule has 0 aliphatic rings. The third-order valence-corrected chi connectivity index (χ3v) is 9.80. The van der Waals surface area contributed by atoms with Crippen LogP contribution in [0.25, 0.3) is 0 Å². The van der Waals surface area contributed by atoms with E-state index in [0.717, 1.165) is 12.8 Å².